The molecule has 10 nitrogen and oxygen atoms in total. The third kappa shape index (κ3) is 8.10. The second kappa shape index (κ2) is 15.0. The molecule has 0 spiro atoms. The van der Waals surface area contributed by atoms with Crippen molar-refractivity contribution in [2.45, 2.75) is 50.8 Å². The smallest absolute Gasteiger partial charge is 0.340 e. The molecule has 0 bridgehead atoms. The topological polar surface area (TPSA) is 144 Å². The fourth-order valence-electron chi connectivity index (χ4n) is 5.41. The van der Waals surface area contributed by atoms with Crippen LogP contribution in [0.25, 0.3) is 11.0 Å². The number of fused-ring (bicyclic) bond motifs is 1. The summed E-state index contributed by atoms with van der Waals surface area (Å²) in [7, 11) is 2.96. The molecule has 11 heteroatoms. The van der Waals surface area contributed by atoms with Gasteiger partial charge in [-0.1, -0.05) is 30.3 Å². The fraction of sp³-hybridized carbons (Fsp3) is 0.438. The number of hydrogen-bond acceptors (Lipinski definition) is 8. The molecule has 43 heavy (non-hydrogen) atoms. The molecule has 0 radical (unpaired) electrons. The van der Waals surface area contributed by atoms with Crippen molar-refractivity contribution in [2.75, 3.05) is 26.5 Å². The molecule has 3 aromatic rings. The van der Waals surface area contributed by atoms with Gasteiger partial charge in [0.2, 0.25) is 17.6 Å². The van der Waals surface area contributed by atoms with Crippen molar-refractivity contribution in [1.82, 2.24) is 10.6 Å². The zero-order valence-electron chi connectivity index (χ0n) is 24.6. The minimum atomic E-state index is -1.04. The van der Waals surface area contributed by atoms with E-state index in [0.717, 1.165) is 18.4 Å². The maximum atomic E-state index is 12.8. The predicted molar refractivity (Wildman–Crippen MR) is 165 cm³/mol. The van der Waals surface area contributed by atoms with Gasteiger partial charge in [-0.15, -0.1) is 0 Å². The van der Waals surface area contributed by atoms with E-state index in [2.05, 4.69) is 10.6 Å². The van der Waals surface area contributed by atoms with Crippen molar-refractivity contribution >= 4 is 40.5 Å². The average molecular weight is 611 g/mol. The number of ether oxygens (including phenoxy) is 2. The van der Waals surface area contributed by atoms with E-state index < -0.39 is 17.6 Å². The number of methoxy groups -OCH3 is 2. The lowest BCUT2D eigenvalue weighted by atomic mass is 9.81. The normalized spacial score (nSPS) is 17.2. The number of aliphatic carboxylic acids is 1. The molecule has 1 saturated carbocycles. The van der Waals surface area contributed by atoms with Crippen LogP contribution in [0.3, 0.4) is 0 Å². The number of amides is 2. The Kier molecular flexibility index (Phi) is 11.1. The number of aryl methyl sites for hydroxylation is 1. The lowest BCUT2D eigenvalue weighted by molar-refractivity contribution is -0.142. The Morgan fingerprint density at radius 3 is 2.42 bits per heavy atom. The number of thioether (sulfide) groups is 1. The average Bonchev–Trinajstić information content (AvgIpc) is 3.01. The van der Waals surface area contributed by atoms with Gasteiger partial charge in [-0.2, -0.15) is 11.8 Å². The van der Waals surface area contributed by atoms with Crippen LogP contribution in [-0.2, 0) is 26.6 Å². The van der Waals surface area contributed by atoms with Gasteiger partial charge in [0.25, 0.3) is 0 Å². The van der Waals surface area contributed by atoms with Gasteiger partial charge in [0, 0.05) is 29.4 Å². The molecular weight excluding hydrogens is 572 g/mol. The van der Waals surface area contributed by atoms with E-state index in [4.69, 9.17) is 13.9 Å². The largest absolute Gasteiger partial charge is 0.493 e. The Morgan fingerprint density at radius 2 is 1.77 bits per heavy atom. The van der Waals surface area contributed by atoms with E-state index in [1.54, 1.807) is 19.1 Å². The Bertz CT molecular complexity index is 1500. The first kappa shape index (κ1) is 31.9. The summed E-state index contributed by atoms with van der Waals surface area (Å²) in [5, 5.41) is 15.9. The first-order valence-electron chi connectivity index (χ1n) is 14.3. The van der Waals surface area contributed by atoms with Gasteiger partial charge in [-0.3, -0.25) is 9.59 Å². The van der Waals surface area contributed by atoms with E-state index >= 15 is 0 Å². The SMILES string of the molecule is COc1ccc2c(C)c(CC(=O)NCC3CCC(C(=O)N[C@@H](CSCc4ccccc4)C(=O)O)CC3)c(=O)oc2c1OC. The van der Waals surface area contributed by atoms with Crippen molar-refractivity contribution in [1.29, 1.82) is 0 Å². The lowest BCUT2D eigenvalue weighted by Crippen LogP contribution is -2.46. The van der Waals surface area contributed by atoms with Crippen molar-refractivity contribution in [3.8, 4) is 11.5 Å². The summed E-state index contributed by atoms with van der Waals surface area (Å²) in [6, 6.07) is 12.3. The highest BCUT2D eigenvalue weighted by molar-refractivity contribution is 7.98. The molecule has 0 saturated heterocycles. The van der Waals surface area contributed by atoms with Gasteiger partial charge in [0.05, 0.1) is 26.2 Å². The number of hydrogen-bond donors (Lipinski definition) is 3. The summed E-state index contributed by atoms with van der Waals surface area (Å²) in [6.45, 7) is 2.21. The van der Waals surface area contributed by atoms with Gasteiger partial charge in [0.1, 0.15) is 6.04 Å². The van der Waals surface area contributed by atoms with Crippen LogP contribution in [0.1, 0.15) is 42.4 Å². The first-order chi connectivity index (χ1) is 20.7. The van der Waals surface area contributed by atoms with Crippen LogP contribution in [0.4, 0.5) is 0 Å². The highest BCUT2D eigenvalue weighted by Crippen LogP contribution is 2.36. The van der Waals surface area contributed by atoms with Crippen LogP contribution in [0, 0.1) is 18.8 Å². The quantitative estimate of drug-likeness (QED) is 0.244. The van der Waals surface area contributed by atoms with Gasteiger partial charge in [-0.05, 0) is 61.8 Å². The third-order valence-electron chi connectivity index (χ3n) is 7.95. The van der Waals surface area contributed by atoms with Gasteiger partial charge in [0.15, 0.2) is 11.3 Å². The number of nitrogens with one attached hydrogen (secondary N) is 2. The summed E-state index contributed by atoms with van der Waals surface area (Å²) < 4.78 is 16.2. The molecule has 4 rings (SSSR count). The number of carboxylic acid groups (broad SMARTS) is 1. The summed E-state index contributed by atoms with van der Waals surface area (Å²) in [5.74, 6) is 0.0932. The molecule has 230 valence electrons. The lowest BCUT2D eigenvalue weighted by Gasteiger charge is -2.28. The van der Waals surface area contributed by atoms with Crippen molar-refractivity contribution in [2.24, 2.45) is 11.8 Å². The maximum Gasteiger partial charge on any atom is 0.340 e. The Morgan fingerprint density at radius 1 is 1.05 bits per heavy atom. The van der Waals surface area contributed by atoms with Crippen LogP contribution < -0.4 is 25.7 Å². The molecule has 2 amide bonds. The molecule has 1 aliphatic rings. The van der Waals surface area contributed by atoms with E-state index in [9.17, 15) is 24.3 Å². The van der Waals surface area contributed by atoms with Crippen LogP contribution in [-0.4, -0.2) is 55.4 Å². The maximum absolute atomic E-state index is 12.8. The van der Waals surface area contributed by atoms with E-state index in [0.29, 0.717) is 47.6 Å². The molecule has 1 aliphatic carbocycles. The first-order valence-corrected chi connectivity index (χ1v) is 15.5. The third-order valence-corrected chi connectivity index (χ3v) is 9.06. The van der Waals surface area contributed by atoms with E-state index in [-0.39, 0.29) is 47.0 Å². The van der Waals surface area contributed by atoms with E-state index in [1.807, 2.05) is 30.3 Å². The van der Waals surface area contributed by atoms with Gasteiger partial charge < -0.3 is 29.6 Å². The molecule has 1 atom stereocenters. The predicted octanol–water partition coefficient (Wildman–Crippen LogP) is 4.09. The van der Waals surface area contributed by atoms with Crippen LogP contribution in [0.15, 0.2) is 51.7 Å². The summed E-state index contributed by atoms with van der Waals surface area (Å²) in [6.07, 6.45) is 2.59. The second-order valence-corrected chi connectivity index (χ2v) is 11.8. The standard InChI is InChI=1S/C32H38N2O8S/c1-19-23-13-14-26(40-2)29(41-3)28(23)42-32(39)24(19)15-27(35)33-16-20-9-11-22(12-10-20)30(36)34-25(31(37)38)18-43-17-21-7-5-4-6-8-21/h4-8,13-14,20,22,25H,9-12,15-18H2,1-3H3,(H,33,35)(H,34,36)(H,37,38)/t20?,22?,25-/m0/s1. The number of carbonyl (C=O) groups excluding carboxylic acids is 2. The molecule has 0 aliphatic heterocycles. The zero-order chi connectivity index (χ0) is 30.9. The van der Waals surface area contributed by atoms with Crippen molar-refractivity contribution in [3.05, 3.63) is 69.6 Å². The van der Waals surface area contributed by atoms with Crippen LogP contribution in [0.5, 0.6) is 11.5 Å². The van der Waals surface area contributed by atoms with E-state index in [1.165, 1.54) is 26.0 Å². The molecule has 0 unspecified atom stereocenters. The monoisotopic (exact) mass is 610 g/mol. The molecule has 1 aromatic heterocycles. The highest BCUT2D eigenvalue weighted by atomic mass is 32.2. The second-order valence-electron chi connectivity index (χ2n) is 10.8. The summed E-state index contributed by atoms with van der Waals surface area (Å²) in [4.78, 5) is 50.2. The molecule has 3 N–H and O–H groups in total. The van der Waals surface area contributed by atoms with Crippen LogP contribution in [0.2, 0.25) is 0 Å². The Balaban J connectivity index is 1.24. The molecule has 1 heterocycles. The zero-order valence-corrected chi connectivity index (χ0v) is 25.5. The number of carboxylic acids is 1. The Labute approximate surface area is 254 Å². The molecular formula is C32H38N2O8S. The number of carbonyl (C=O) groups is 3. The summed E-state index contributed by atoms with van der Waals surface area (Å²) in [5.41, 5.74) is 1.71. The Hall–Kier alpha value is -3.99. The van der Waals surface area contributed by atoms with Gasteiger partial charge >= 0.3 is 11.6 Å². The summed E-state index contributed by atoms with van der Waals surface area (Å²) >= 11 is 1.47. The van der Waals surface area contributed by atoms with Gasteiger partial charge in [-0.25, -0.2) is 9.59 Å². The molecule has 1 fully saturated rings. The van der Waals surface area contributed by atoms with Crippen molar-refractivity contribution in [3.63, 3.8) is 0 Å². The molecule has 2 aromatic carbocycles. The van der Waals surface area contributed by atoms with Crippen molar-refractivity contribution < 1.29 is 33.4 Å². The highest BCUT2D eigenvalue weighted by Gasteiger charge is 2.30. The minimum Gasteiger partial charge on any atom is -0.493 e. The minimum absolute atomic E-state index is 0.116. The van der Waals surface area contributed by atoms with Crippen LogP contribution >= 0.6 is 11.8 Å². The number of rotatable bonds is 13. The number of benzene rings is 2. The fourth-order valence-corrected chi connectivity index (χ4v) is 6.42.